The normalized spacial score (nSPS) is 10.5. The molecule has 0 bridgehead atoms. The highest BCUT2D eigenvalue weighted by atomic mass is 16.5. The first-order valence-corrected chi connectivity index (χ1v) is 5.81. The van der Waals surface area contributed by atoms with Gasteiger partial charge in [0.25, 0.3) is 5.91 Å². The minimum atomic E-state index is -0.359. The number of ether oxygens (including phenoxy) is 2. The zero-order chi connectivity index (χ0) is 14.4. The molecule has 0 atom stereocenters. The molecule has 1 amide bonds. The molecular weight excluding hydrogens is 260 g/mol. The van der Waals surface area contributed by atoms with Crippen LogP contribution in [0.4, 0.5) is 0 Å². The lowest BCUT2D eigenvalue weighted by Crippen LogP contribution is -2.17. The highest BCUT2D eigenvalue weighted by molar-refractivity contribution is 5.95. The lowest BCUT2D eigenvalue weighted by molar-refractivity contribution is 0.0954. The Morgan fingerprint density at radius 1 is 1.25 bits per heavy atom. The third-order valence-electron chi connectivity index (χ3n) is 2.54. The van der Waals surface area contributed by atoms with E-state index in [2.05, 4.69) is 10.5 Å². The molecule has 6 nitrogen and oxygen atoms in total. The molecule has 1 heterocycles. The fraction of sp³-hybridized carbons (Fsp3) is 0.143. The van der Waals surface area contributed by atoms with Crippen molar-refractivity contribution in [3.8, 4) is 11.5 Å². The van der Waals surface area contributed by atoms with Crippen molar-refractivity contribution in [1.82, 2.24) is 5.43 Å². The third kappa shape index (κ3) is 3.38. The van der Waals surface area contributed by atoms with E-state index in [1.54, 1.807) is 24.3 Å². The van der Waals surface area contributed by atoms with Crippen molar-refractivity contribution >= 4 is 12.1 Å². The van der Waals surface area contributed by atoms with E-state index < -0.39 is 0 Å². The molecule has 0 saturated carbocycles. The summed E-state index contributed by atoms with van der Waals surface area (Å²) in [4.78, 5) is 12.0. The van der Waals surface area contributed by atoms with E-state index >= 15 is 0 Å². The first kappa shape index (κ1) is 13.7. The van der Waals surface area contributed by atoms with Crippen LogP contribution in [0.15, 0.2) is 46.3 Å². The minimum Gasteiger partial charge on any atom is -0.497 e. The molecule has 1 aromatic carbocycles. The van der Waals surface area contributed by atoms with Crippen molar-refractivity contribution in [3.05, 3.63) is 47.9 Å². The molecule has 0 aliphatic rings. The molecule has 104 valence electrons. The standard InChI is InChI=1S/C14H14N2O4/c1-18-12-5-11(6-13(7-12)19-2)14(17)16-15-8-10-3-4-20-9-10/h3-9H,1-2H3,(H,16,17)/b15-8-. The lowest BCUT2D eigenvalue weighted by Gasteiger charge is -2.07. The SMILES string of the molecule is COc1cc(OC)cc(C(=O)N/N=C\c2ccoc2)c1. The molecule has 0 fully saturated rings. The first-order valence-electron chi connectivity index (χ1n) is 5.81. The second-order valence-corrected chi connectivity index (χ2v) is 3.86. The quantitative estimate of drug-likeness (QED) is 0.669. The number of carbonyl (C=O) groups is 1. The van der Waals surface area contributed by atoms with Gasteiger partial charge in [-0.15, -0.1) is 0 Å². The van der Waals surface area contributed by atoms with Gasteiger partial charge in [0.05, 0.1) is 33.0 Å². The number of nitrogens with zero attached hydrogens (tertiary/aromatic N) is 1. The molecule has 0 aliphatic carbocycles. The molecular formula is C14H14N2O4. The molecule has 20 heavy (non-hydrogen) atoms. The topological polar surface area (TPSA) is 73.1 Å². The molecule has 2 aromatic rings. The van der Waals surface area contributed by atoms with Crippen LogP contribution in [-0.4, -0.2) is 26.3 Å². The number of carbonyl (C=O) groups excluding carboxylic acids is 1. The smallest absolute Gasteiger partial charge is 0.271 e. The summed E-state index contributed by atoms with van der Waals surface area (Å²) in [6.07, 6.45) is 4.53. The highest BCUT2D eigenvalue weighted by Crippen LogP contribution is 2.22. The molecule has 2 rings (SSSR count). The van der Waals surface area contributed by atoms with E-state index in [0.29, 0.717) is 17.1 Å². The summed E-state index contributed by atoms with van der Waals surface area (Å²) in [5.41, 5.74) is 3.57. The van der Waals surface area contributed by atoms with Crippen molar-refractivity contribution in [2.45, 2.75) is 0 Å². The average molecular weight is 274 g/mol. The number of hydrogen-bond donors (Lipinski definition) is 1. The van der Waals surface area contributed by atoms with Crippen LogP contribution in [-0.2, 0) is 0 Å². The largest absolute Gasteiger partial charge is 0.497 e. The summed E-state index contributed by atoms with van der Waals surface area (Å²) < 4.78 is 15.1. The van der Waals surface area contributed by atoms with Gasteiger partial charge in [-0.3, -0.25) is 4.79 Å². The number of amides is 1. The number of hydrogen-bond acceptors (Lipinski definition) is 5. The molecule has 0 radical (unpaired) electrons. The van der Waals surface area contributed by atoms with E-state index in [1.807, 2.05) is 0 Å². The predicted molar refractivity (Wildman–Crippen MR) is 73.3 cm³/mol. The van der Waals surface area contributed by atoms with Crippen LogP contribution in [0.25, 0.3) is 0 Å². The van der Waals surface area contributed by atoms with Crippen LogP contribution in [0.2, 0.25) is 0 Å². The zero-order valence-corrected chi connectivity index (χ0v) is 11.1. The van der Waals surface area contributed by atoms with Crippen LogP contribution in [0.1, 0.15) is 15.9 Å². The summed E-state index contributed by atoms with van der Waals surface area (Å²) in [7, 11) is 3.04. The molecule has 1 N–H and O–H groups in total. The van der Waals surface area contributed by atoms with Crippen LogP contribution < -0.4 is 14.9 Å². The van der Waals surface area contributed by atoms with Crippen LogP contribution in [0.5, 0.6) is 11.5 Å². The molecule has 0 unspecified atom stereocenters. The monoisotopic (exact) mass is 274 g/mol. The van der Waals surface area contributed by atoms with Crippen LogP contribution >= 0.6 is 0 Å². The van der Waals surface area contributed by atoms with Crippen molar-refractivity contribution < 1.29 is 18.7 Å². The molecule has 0 aliphatic heterocycles. The van der Waals surface area contributed by atoms with Crippen LogP contribution in [0, 0.1) is 0 Å². The first-order chi connectivity index (χ1) is 9.72. The Labute approximate surface area is 116 Å². The average Bonchev–Trinajstić information content (AvgIpc) is 2.99. The van der Waals surface area contributed by atoms with E-state index in [1.165, 1.54) is 33.0 Å². The van der Waals surface area contributed by atoms with Gasteiger partial charge in [0.1, 0.15) is 11.5 Å². The Morgan fingerprint density at radius 2 is 1.95 bits per heavy atom. The number of furan rings is 1. The van der Waals surface area contributed by atoms with Gasteiger partial charge in [0.2, 0.25) is 0 Å². The minimum absolute atomic E-state index is 0.359. The maximum atomic E-state index is 12.0. The van der Waals surface area contributed by atoms with Gasteiger partial charge in [-0.05, 0) is 18.2 Å². The number of nitrogens with one attached hydrogen (secondary N) is 1. The molecule has 1 aromatic heterocycles. The van der Waals surface area contributed by atoms with E-state index in [0.717, 1.165) is 5.56 Å². The predicted octanol–water partition coefficient (Wildman–Crippen LogP) is 2.06. The Kier molecular flexibility index (Phi) is 4.39. The van der Waals surface area contributed by atoms with Crippen LogP contribution in [0.3, 0.4) is 0 Å². The summed E-state index contributed by atoms with van der Waals surface area (Å²) in [6, 6.07) is 6.62. The van der Waals surface area contributed by atoms with Gasteiger partial charge >= 0.3 is 0 Å². The lowest BCUT2D eigenvalue weighted by atomic mass is 10.2. The summed E-state index contributed by atoms with van der Waals surface area (Å²) in [6.45, 7) is 0. The van der Waals surface area contributed by atoms with Gasteiger partial charge in [0, 0.05) is 17.2 Å². The number of methoxy groups -OCH3 is 2. The Bertz CT molecular complexity index is 583. The van der Waals surface area contributed by atoms with Crippen molar-refractivity contribution in [3.63, 3.8) is 0 Å². The molecule has 0 spiro atoms. The summed E-state index contributed by atoms with van der Waals surface area (Å²) >= 11 is 0. The summed E-state index contributed by atoms with van der Waals surface area (Å²) in [5.74, 6) is 0.712. The van der Waals surface area contributed by atoms with Crippen molar-refractivity contribution in [2.24, 2.45) is 5.10 Å². The van der Waals surface area contributed by atoms with E-state index in [9.17, 15) is 4.79 Å². The molecule has 0 saturated heterocycles. The fourth-order valence-electron chi connectivity index (χ4n) is 1.52. The van der Waals surface area contributed by atoms with Gasteiger partial charge in [-0.2, -0.15) is 5.10 Å². The molecule has 6 heteroatoms. The van der Waals surface area contributed by atoms with Crippen molar-refractivity contribution in [2.75, 3.05) is 14.2 Å². The van der Waals surface area contributed by atoms with E-state index in [-0.39, 0.29) is 5.91 Å². The maximum absolute atomic E-state index is 12.0. The van der Waals surface area contributed by atoms with Gasteiger partial charge in [0.15, 0.2) is 0 Å². The Balaban J connectivity index is 2.08. The van der Waals surface area contributed by atoms with E-state index in [4.69, 9.17) is 13.9 Å². The Morgan fingerprint density at radius 3 is 2.50 bits per heavy atom. The highest BCUT2D eigenvalue weighted by Gasteiger charge is 2.08. The van der Waals surface area contributed by atoms with Gasteiger partial charge in [-0.25, -0.2) is 5.43 Å². The zero-order valence-electron chi connectivity index (χ0n) is 11.1. The number of benzene rings is 1. The second kappa shape index (κ2) is 6.42. The second-order valence-electron chi connectivity index (χ2n) is 3.86. The third-order valence-corrected chi connectivity index (χ3v) is 2.54. The van der Waals surface area contributed by atoms with Gasteiger partial charge in [-0.1, -0.05) is 0 Å². The van der Waals surface area contributed by atoms with Gasteiger partial charge < -0.3 is 13.9 Å². The maximum Gasteiger partial charge on any atom is 0.271 e. The summed E-state index contributed by atoms with van der Waals surface area (Å²) in [5, 5.41) is 3.83. The number of rotatable bonds is 5. The number of hydrazone groups is 1. The van der Waals surface area contributed by atoms with Crippen molar-refractivity contribution in [1.29, 1.82) is 0 Å². The fourth-order valence-corrected chi connectivity index (χ4v) is 1.52. The Hall–Kier alpha value is -2.76.